The van der Waals surface area contributed by atoms with Crippen molar-refractivity contribution in [3.63, 3.8) is 0 Å². The van der Waals surface area contributed by atoms with Crippen LogP contribution in [0.5, 0.6) is 5.75 Å². The van der Waals surface area contributed by atoms with Crippen molar-refractivity contribution in [2.75, 3.05) is 6.61 Å². The maximum absolute atomic E-state index is 9.68. The van der Waals surface area contributed by atoms with Gasteiger partial charge in [0.1, 0.15) is 17.6 Å². The third kappa shape index (κ3) is 5.38. The van der Waals surface area contributed by atoms with Crippen LogP contribution in [0.25, 0.3) is 22.3 Å². The third-order valence-corrected chi connectivity index (χ3v) is 5.21. The summed E-state index contributed by atoms with van der Waals surface area (Å²) in [6.07, 6.45) is 4.06. The van der Waals surface area contributed by atoms with Gasteiger partial charge in [0.2, 0.25) is 0 Å². The number of rotatable bonds is 7. The van der Waals surface area contributed by atoms with Crippen molar-refractivity contribution in [2.45, 2.75) is 54.4 Å². The lowest BCUT2D eigenvalue weighted by atomic mass is 9.82. The maximum atomic E-state index is 9.68. The Balaban J connectivity index is 1.73. The molecule has 1 aromatic carbocycles. The van der Waals surface area contributed by atoms with E-state index in [1.54, 1.807) is 6.20 Å². The predicted octanol–water partition coefficient (Wildman–Crippen LogP) is 6.28. The first-order valence-corrected chi connectivity index (χ1v) is 10.6. The number of nitriles is 1. The van der Waals surface area contributed by atoms with E-state index < -0.39 is 0 Å². The molecule has 5 heteroatoms. The molecule has 1 unspecified atom stereocenters. The number of nitrogens with one attached hydrogen (secondary N) is 1. The summed E-state index contributed by atoms with van der Waals surface area (Å²) in [6.45, 7) is 13.9. The van der Waals surface area contributed by atoms with Crippen LogP contribution in [0.15, 0.2) is 30.5 Å². The van der Waals surface area contributed by atoms with E-state index >= 15 is 0 Å². The van der Waals surface area contributed by atoms with Crippen LogP contribution in [0.1, 0.15) is 58.8 Å². The lowest BCUT2D eigenvalue weighted by Gasteiger charge is -2.25. The molecular weight excluding hydrogens is 372 g/mol. The molecule has 3 rings (SSSR count). The van der Waals surface area contributed by atoms with Crippen LogP contribution in [0.2, 0.25) is 0 Å². The number of ether oxygens (including phenoxy) is 1. The van der Waals surface area contributed by atoms with Gasteiger partial charge in [-0.15, -0.1) is 0 Å². The van der Waals surface area contributed by atoms with Crippen molar-refractivity contribution in [3.05, 3.63) is 41.9 Å². The second-order valence-electron chi connectivity index (χ2n) is 9.72. The molecule has 0 fully saturated rings. The van der Waals surface area contributed by atoms with E-state index in [-0.39, 0.29) is 0 Å². The van der Waals surface area contributed by atoms with Gasteiger partial charge in [-0.05, 0) is 60.8 Å². The van der Waals surface area contributed by atoms with Crippen LogP contribution >= 0.6 is 0 Å². The molecule has 30 heavy (non-hydrogen) atoms. The topological polar surface area (TPSA) is 74.6 Å². The first-order valence-electron chi connectivity index (χ1n) is 10.6. The molecule has 0 saturated heterocycles. The van der Waals surface area contributed by atoms with Crippen LogP contribution in [0.3, 0.4) is 0 Å². The van der Waals surface area contributed by atoms with Crippen LogP contribution in [0, 0.1) is 35.5 Å². The van der Waals surface area contributed by atoms with E-state index in [1.807, 2.05) is 31.2 Å². The predicted molar refractivity (Wildman–Crippen MR) is 121 cm³/mol. The van der Waals surface area contributed by atoms with Crippen molar-refractivity contribution in [2.24, 2.45) is 17.3 Å². The number of benzene rings is 1. The summed E-state index contributed by atoms with van der Waals surface area (Å²) in [5, 5.41) is 9.68. The quantitative estimate of drug-likeness (QED) is 0.503. The largest absolute Gasteiger partial charge is 0.492 e. The molecular formula is C25H32N4O. The second kappa shape index (κ2) is 8.87. The van der Waals surface area contributed by atoms with Crippen LogP contribution < -0.4 is 4.74 Å². The summed E-state index contributed by atoms with van der Waals surface area (Å²) in [7, 11) is 0. The average Bonchev–Trinajstić information content (AvgIpc) is 3.04. The van der Waals surface area contributed by atoms with E-state index in [1.165, 1.54) is 6.42 Å². The number of hydrogen-bond acceptors (Lipinski definition) is 4. The Labute approximate surface area is 179 Å². The van der Waals surface area contributed by atoms with Crippen molar-refractivity contribution in [1.82, 2.24) is 15.0 Å². The number of fused-ring (bicyclic) bond motifs is 1. The number of aromatic amines is 1. The number of aryl methyl sites for hydroxylation is 1. The first kappa shape index (κ1) is 21.8. The Morgan fingerprint density at radius 1 is 1.17 bits per heavy atom. The van der Waals surface area contributed by atoms with Gasteiger partial charge in [-0.3, -0.25) is 0 Å². The Morgan fingerprint density at radius 3 is 2.63 bits per heavy atom. The highest BCUT2D eigenvalue weighted by Gasteiger charge is 2.18. The molecule has 0 aliphatic carbocycles. The monoisotopic (exact) mass is 404 g/mol. The zero-order chi connectivity index (χ0) is 21.9. The second-order valence-corrected chi connectivity index (χ2v) is 9.72. The van der Waals surface area contributed by atoms with Crippen molar-refractivity contribution in [1.29, 1.82) is 5.26 Å². The molecule has 1 N–H and O–H groups in total. The smallest absolute Gasteiger partial charge is 0.178 e. The lowest BCUT2D eigenvalue weighted by molar-refractivity contribution is 0.211. The third-order valence-electron chi connectivity index (χ3n) is 5.21. The average molecular weight is 405 g/mol. The van der Waals surface area contributed by atoms with Gasteiger partial charge < -0.3 is 9.72 Å². The highest BCUT2D eigenvalue weighted by molar-refractivity contribution is 5.90. The molecule has 2 atom stereocenters. The summed E-state index contributed by atoms with van der Waals surface area (Å²) in [5.74, 6) is 2.54. The van der Waals surface area contributed by atoms with Gasteiger partial charge in [-0.2, -0.15) is 5.26 Å². The van der Waals surface area contributed by atoms with E-state index in [0.29, 0.717) is 40.8 Å². The minimum absolute atomic E-state index is 0.343. The molecule has 0 spiro atoms. The van der Waals surface area contributed by atoms with E-state index in [2.05, 4.69) is 55.6 Å². The van der Waals surface area contributed by atoms with Gasteiger partial charge in [-0.1, -0.05) is 40.7 Å². The fourth-order valence-electron chi connectivity index (χ4n) is 4.29. The summed E-state index contributed by atoms with van der Waals surface area (Å²) in [6, 6.07) is 10.0. The van der Waals surface area contributed by atoms with E-state index in [4.69, 9.17) is 4.74 Å². The van der Waals surface area contributed by atoms with Crippen LogP contribution in [-0.2, 0) is 0 Å². The Morgan fingerprint density at radius 2 is 1.93 bits per heavy atom. The highest BCUT2D eigenvalue weighted by atomic mass is 16.5. The SMILES string of the molecule is Cc1nc2nccc(-c3ccc(OCC(C)C[C@H](C)CC(C)(C)C)c(C#N)c3)c2[nH]1. The molecule has 0 amide bonds. The molecule has 5 nitrogen and oxygen atoms in total. The number of H-pyrrole nitrogens is 1. The minimum atomic E-state index is 0.343. The lowest BCUT2D eigenvalue weighted by Crippen LogP contribution is -2.17. The van der Waals surface area contributed by atoms with Crippen molar-refractivity contribution < 1.29 is 4.74 Å². The molecule has 0 saturated carbocycles. The molecule has 0 aliphatic heterocycles. The summed E-state index contributed by atoms with van der Waals surface area (Å²) in [4.78, 5) is 12.0. The van der Waals surface area contributed by atoms with Gasteiger partial charge in [0.15, 0.2) is 5.65 Å². The van der Waals surface area contributed by atoms with Gasteiger partial charge in [0, 0.05) is 11.8 Å². The maximum Gasteiger partial charge on any atom is 0.178 e. The van der Waals surface area contributed by atoms with E-state index in [9.17, 15) is 5.26 Å². The van der Waals surface area contributed by atoms with Gasteiger partial charge in [0.05, 0.1) is 17.7 Å². The molecule has 0 bridgehead atoms. The number of pyridine rings is 1. The van der Waals surface area contributed by atoms with Gasteiger partial charge >= 0.3 is 0 Å². The van der Waals surface area contributed by atoms with Gasteiger partial charge in [0.25, 0.3) is 0 Å². The van der Waals surface area contributed by atoms with Crippen LogP contribution in [-0.4, -0.2) is 21.6 Å². The summed E-state index contributed by atoms with van der Waals surface area (Å²) < 4.78 is 6.05. The first-order chi connectivity index (χ1) is 14.2. The normalized spacial score (nSPS) is 13.8. The van der Waals surface area contributed by atoms with E-state index in [0.717, 1.165) is 28.9 Å². The Kier molecular flexibility index (Phi) is 6.45. The fraction of sp³-hybridized carbons (Fsp3) is 0.480. The number of aromatic nitrogens is 3. The molecule has 0 radical (unpaired) electrons. The standard InChI is InChI=1S/C25H32N4O/c1-16(13-25(4,5)6)11-17(2)15-30-22-8-7-19(12-20(22)14-26)21-9-10-27-24-23(21)28-18(3)29-24/h7-10,12,16-17H,11,13,15H2,1-6H3,(H,27,28,29)/t16-,17?/m0/s1. The number of nitrogens with zero attached hydrogens (tertiary/aromatic N) is 3. The molecule has 2 heterocycles. The summed E-state index contributed by atoms with van der Waals surface area (Å²) in [5.41, 5.74) is 4.38. The highest BCUT2D eigenvalue weighted by Crippen LogP contribution is 2.31. The fourth-order valence-corrected chi connectivity index (χ4v) is 4.29. The van der Waals surface area contributed by atoms with Gasteiger partial charge in [-0.25, -0.2) is 9.97 Å². The minimum Gasteiger partial charge on any atom is -0.492 e. The Bertz CT molecular complexity index is 1060. The molecule has 0 aliphatic rings. The van der Waals surface area contributed by atoms with Crippen molar-refractivity contribution in [3.8, 4) is 22.9 Å². The molecule has 158 valence electrons. The number of imidazole rings is 1. The Hall–Kier alpha value is -2.87. The molecule has 2 aromatic heterocycles. The zero-order valence-electron chi connectivity index (χ0n) is 18.9. The summed E-state index contributed by atoms with van der Waals surface area (Å²) >= 11 is 0. The van der Waals surface area contributed by atoms with Crippen LogP contribution in [0.4, 0.5) is 0 Å². The number of hydrogen-bond donors (Lipinski definition) is 1. The molecule has 3 aromatic rings. The van der Waals surface area contributed by atoms with Crippen molar-refractivity contribution >= 4 is 11.2 Å². The zero-order valence-corrected chi connectivity index (χ0v) is 18.9.